The van der Waals surface area contributed by atoms with Crippen LogP contribution in [0, 0.1) is 6.92 Å². The van der Waals surface area contributed by atoms with E-state index in [9.17, 15) is 9.59 Å². The fraction of sp³-hybridized carbons (Fsp3) is 0.125. The summed E-state index contributed by atoms with van der Waals surface area (Å²) in [6, 6.07) is 14.4. The molecule has 0 spiro atoms. The van der Waals surface area contributed by atoms with Crippen LogP contribution in [0.3, 0.4) is 0 Å². The molecule has 96 valence electrons. The number of hydrogen-bond donors (Lipinski definition) is 0. The topological polar surface area (TPSA) is 34.1 Å². The van der Waals surface area contributed by atoms with Crippen molar-refractivity contribution in [3.05, 3.63) is 70.8 Å². The SMILES string of the molecule is Cc1c(CC(=O)Cl)cccc1C(=O)c1ccccc1. The van der Waals surface area contributed by atoms with Gasteiger partial charge in [0.15, 0.2) is 5.78 Å². The average molecular weight is 273 g/mol. The van der Waals surface area contributed by atoms with Crippen LogP contribution in [0.2, 0.25) is 0 Å². The number of carbonyl (C=O) groups excluding carboxylic acids is 2. The molecule has 0 unspecified atom stereocenters. The Balaban J connectivity index is 2.41. The van der Waals surface area contributed by atoms with Gasteiger partial charge in [0.05, 0.1) is 0 Å². The van der Waals surface area contributed by atoms with E-state index in [1.54, 1.807) is 24.3 Å². The van der Waals surface area contributed by atoms with Gasteiger partial charge >= 0.3 is 0 Å². The van der Waals surface area contributed by atoms with Gasteiger partial charge in [0, 0.05) is 17.5 Å². The molecule has 0 heterocycles. The Kier molecular flexibility index (Phi) is 4.13. The summed E-state index contributed by atoms with van der Waals surface area (Å²) in [5, 5.41) is -0.424. The van der Waals surface area contributed by atoms with Crippen LogP contribution < -0.4 is 0 Å². The predicted molar refractivity (Wildman–Crippen MR) is 75.6 cm³/mol. The molecule has 0 N–H and O–H groups in total. The van der Waals surface area contributed by atoms with Crippen molar-refractivity contribution in [1.82, 2.24) is 0 Å². The van der Waals surface area contributed by atoms with Crippen LogP contribution in [0.5, 0.6) is 0 Å². The van der Waals surface area contributed by atoms with E-state index in [1.165, 1.54) is 0 Å². The minimum atomic E-state index is -0.424. The first-order chi connectivity index (χ1) is 9.09. The quantitative estimate of drug-likeness (QED) is 0.630. The second-order valence-electron chi connectivity index (χ2n) is 4.32. The van der Waals surface area contributed by atoms with Crippen LogP contribution in [-0.4, -0.2) is 11.0 Å². The first kappa shape index (κ1) is 13.5. The largest absolute Gasteiger partial charge is 0.289 e. The molecule has 0 aliphatic heterocycles. The molecule has 2 aromatic rings. The highest BCUT2D eigenvalue weighted by molar-refractivity contribution is 6.63. The number of halogens is 1. The third kappa shape index (κ3) is 3.09. The summed E-state index contributed by atoms with van der Waals surface area (Å²) >= 11 is 5.41. The van der Waals surface area contributed by atoms with Crippen LogP contribution in [0.4, 0.5) is 0 Å². The molecule has 0 bridgehead atoms. The van der Waals surface area contributed by atoms with Crippen molar-refractivity contribution in [3.63, 3.8) is 0 Å². The van der Waals surface area contributed by atoms with Crippen LogP contribution in [0.1, 0.15) is 27.0 Å². The first-order valence-electron chi connectivity index (χ1n) is 5.96. The van der Waals surface area contributed by atoms with Gasteiger partial charge < -0.3 is 0 Å². The summed E-state index contributed by atoms with van der Waals surface area (Å²) < 4.78 is 0. The fourth-order valence-corrected chi connectivity index (χ4v) is 2.16. The van der Waals surface area contributed by atoms with Crippen molar-refractivity contribution in [1.29, 1.82) is 0 Å². The van der Waals surface area contributed by atoms with E-state index in [0.717, 1.165) is 11.1 Å². The molecule has 0 amide bonds. The minimum absolute atomic E-state index is 0.0398. The highest BCUT2D eigenvalue weighted by atomic mass is 35.5. The lowest BCUT2D eigenvalue weighted by Gasteiger charge is -2.09. The molecule has 0 saturated carbocycles. The Labute approximate surface area is 117 Å². The van der Waals surface area contributed by atoms with Crippen molar-refractivity contribution < 1.29 is 9.59 Å². The lowest BCUT2D eigenvalue weighted by molar-refractivity contribution is -0.111. The second-order valence-corrected chi connectivity index (χ2v) is 4.74. The average Bonchev–Trinajstić information content (AvgIpc) is 2.41. The first-order valence-corrected chi connectivity index (χ1v) is 6.34. The van der Waals surface area contributed by atoms with Crippen LogP contribution in [0.15, 0.2) is 48.5 Å². The highest BCUT2D eigenvalue weighted by Crippen LogP contribution is 2.18. The monoisotopic (exact) mass is 272 g/mol. The Morgan fingerprint density at radius 2 is 1.68 bits per heavy atom. The van der Waals surface area contributed by atoms with E-state index in [4.69, 9.17) is 11.6 Å². The molecule has 2 aromatic carbocycles. The summed E-state index contributed by atoms with van der Waals surface area (Å²) in [7, 11) is 0. The van der Waals surface area contributed by atoms with Gasteiger partial charge in [-0.15, -0.1) is 0 Å². The van der Waals surface area contributed by atoms with Crippen LogP contribution >= 0.6 is 11.6 Å². The molecule has 0 aromatic heterocycles. The molecule has 2 nitrogen and oxygen atoms in total. The molecular formula is C16H13ClO2. The third-order valence-electron chi connectivity index (χ3n) is 3.06. The van der Waals surface area contributed by atoms with Gasteiger partial charge in [-0.3, -0.25) is 9.59 Å². The zero-order valence-corrected chi connectivity index (χ0v) is 11.3. The van der Waals surface area contributed by atoms with Gasteiger partial charge in [0.1, 0.15) is 0 Å². The number of rotatable bonds is 4. The Bertz CT molecular complexity index is 618. The molecule has 3 heteroatoms. The molecule has 0 radical (unpaired) electrons. The third-order valence-corrected chi connectivity index (χ3v) is 3.19. The van der Waals surface area contributed by atoms with Gasteiger partial charge in [0.25, 0.3) is 0 Å². The molecular weight excluding hydrogens is 260 g/mol. The Morgan fingerprint density at radius 3 is 2.32 bits per heavy atom. The number of benzene rings is 2. The molecule has 0 fully saturated rings. The molecule has 0 aliphatic carbocycles. The fourth-order valence-electron chi connectivity index (χ4n) is 2.02. The van der Waals surface area contributed by atoms with Gasteiger partial charge in [-0.05, 0) is 29.7 Å². The highest BCUT2D eigenvalue weighted by Gasteiger charge is 2.14. The summed E-state index contributed by atoms with van der Waals surface area (Å²) in [5.41, 5.74) is 2.86. The van der Waals surface area contributed by atoms with Crippen LogP contribution in [0.25, 0.3) is 0 Å². The van der Waals surface area contributed by atoms with Crippen molar-refractivity contribution in [2.75, 3.05) is 0 Å². The molecule has 0 aliphatic rings. The summed E-state index contributed by atoms with van der Waals surface area (Å²) in [4.78, 5) is 23.4. The van der Waals surface area contributed by atoms with Gasteiger partial charge in [0.2, 0.25) is 5.24 Å². The minimum Gasteiger partial charge on any atom is -0.289 e. The summed E-state index contributed by atoms with van der Waals surface area (Å²) in [6.07, 6.45) is 0.142. The van der Waals surface area contributed by atoms with E-state index in [1.807, 2.05) is 31.2 Å². The number of hydrogen-bond acceptors (Lipinski definition) is 2. The van der Waals surface area contributed by atoms with Crippen molar-refractivity contribution in [3.8, 4) is 0 Å². The zero-order valence-electron chi connectivity index (χ0n) is 10.5. The summed E-state index contributed by atoms with van der Waals surface area (Å²) in [6.45, 7) is 1.84. The van der Waals surface area contributed by atoms with Gasteiger partial charge in [-0.1, -0.05) is 48.5 Å². The molecule has 0 saturated heterocycles. The number of carbonyl (C=O) groups is 2. The molecule has 19 heavy (non-hydrogen) atoms. The maximum Gasteiger partial charge on any atom is 0.226 e. The Hall–Kier alpha value is -1.93. The van der Waals surface area contributed by atoms with Crippen LogP contribution in [-0.2, 0) is 11.2 Å². The van der Waals surface area contributed by atoms with Crippen molar-refractivity contribution in [2.24, 2.45) is 0 Å². The van der Waals surface area contributed by atoms with E-state index in [0.29, 0.717) is 11.1 Å². The summed E-state index contributed by atoms with van der Waals surface area (Å²) in [5.74, 6) is -0.0398. The van der Waals surface area contributed by atoms with E-state index in [-0.39, 0.29) is 12.2 Å². The van der Waals surface area contributed by atoms with Crippen molar-refractivity contribution >= 4 is 22.6 Å². The van der Waals surface area contributed by atoms with Crippen molar-refractivity contribution in [2.45, 2.75) is 13.3 Å². The lowest BCUT2D eigenvalue weighted by atomic mass is 9.94. The number of ketones is 1. The lowest BCUT2D eigenvalue weighted by Crippen LogP contribution is -2.06. The smallest absolute Gasteiger partial charge is 0.226 e. The maximum absolute atomic E-state index is 12.4. The normalized spacial score (nSPS) is 10.2. The van der Waals surface area contributed by atoms with Gasteiger partial charge in [-0.2, -0.15) is 0 Å². The zero-order chi connectivity index (χ0) is 13.8. The Morgan fingerprint density at radius 1 is 1.00 bits per heavy atom. The van der Waals surface area contributed by atoms with E-state index in [2.05, 4.69) is 0 Å². The van der Waals surface area contributed by atoms with E-state index >= 15 is 0 Å². The molecule has 2 rings (SSSR count). The molecule has 0 atom stereocenters. The second kappa shape index (κ2) is 5.81. The van der Waals surface area contributed by atoms with Gasteiger partial charge in [-0.25, -0.2) is 0 Å². The van der Waals surface area contributed by atoms with E-state index < -0.39 is 5.24 Å². The predicted octanol–water partition coefficient (Wildman–Crippen LogP) is 3.53. The standard InChI is InChI=1S/C16H13ClO2/c1-11-13(10-15(17)18)8-5-9-14(11)16(19)12-6-3-2-4-7-12/h2-9H,10H2,1H3. The maximum atomic E-state index is 12.4.